The van der Waals surface area contributed by atoms with Crippen LogP contribution in [-0.4, -0.2) is 10.5 Å². The zero-order chi connectivity index (χ0) is 17.3. The van der Waals surface area contributed by atoms with Crippen molar-refractivity contribution in [1.82, 2.24) is 4.73 Å². The quantitative estimate of drug-likeness (QED) is 0.390. The molecule has 0 aliphatic carbocycles. The van der Waals surface area contributed by atoms with Crippen molar-refractivity contribution in [3.8, 4) is 0 Å². The Hall–Kier alpha value is -2.47. The van der Waals surface area contributed by atoms with Gasteiger partial charge in [0.25, 0.3) is 11.3 Å². The molecule has 2 aromatic carbocycles. The van der Waals surface area contributed by atoms with E-state index in [0.29, 0.717) is 21.1 Å². The van der Waals surface area contributed by atoms with Crippen molar-refractivity contribution >= 4 is 32.7 Å². The van der Waals surface area contributed by atoms with Gasteiger partial charge in [0.15, 0.2) is 0 Å². The highest BCUT2D eigenvalue weighted by Crippen LogP contribution is 2.21. The third kappa shape index (κ3) is 2.53. The number of halogens is 1. The maximum absolute atomic E-state index is 13.0. The molecular weight excluding hydrogens is 372 g/mol. The van der Waals surface area contributed by atoms with Gasteiger partial charge >= 0.3 is 5.69 Å². The van der Waals surface area contributed by atoms with Gasteiger partial charge in [-0.15, -0.1) is 0 Å². The van der Waals surface area contributed by atoms with E-state index in [1.807, 2.05) is 19.1 Å². The molecular formula is C18H15BrN2O3. The average molecular weight is 387 g/mol. The van der Waals surface area contributed by atoms with Crippen LogP contribution in [0.5, 0.6) is 0 Å². The Morgan fingerprint density at radius 3 is 2.54 bits per heavy atom. The largest absolute Gasteiger partial charge is 0.805 e. The van der Waals surface area contributed by atoms with E-state index in [1.54, 1.807) is 30.3 Å². The van der Waals surface area contributed by atoms with Crippen molar-refractivity contribution in [2.45, 2.75) is 18.7 Å². The van der Waals surface area contributed by atoms with Crippen molar-refractivity contribution < 1.29 is 9.22 Å². The Morgan fingerprint density at radius 2 is 1.83 bits per heavy atom. The van der Waals surface area contributed by atoms with Crippen LogP contribution in [0.3, 0.4) is 0 Å². The molecule has 1 heterocycles. The Labute approximate surface area is 146 Å². The van der Waals surface area contributed by atoms with Crippen molar-refractivity contribution in [1.29, 1.82) is 0 Å². The number of ketones is 1. The van der Waals surface area contributed by atoms with Gasteiger partial charge in [0.2, 0.25) is 0 Å². The number of fused-ring (bicyclic) bond motifs is 1. The van der Waals surface area contributed by atoms with Crippen molar-refractivity contribution in [3.63, 3.8) is 0 Å². The number of para-hydroxylation sites is 2. The van der Waals surface area contributed by atoms with Gasteiger partial charge in [-0.3, -0.25) is 4.79 Å². The first-order valence-electron chi connectivity index (χ1n) is 7.55. The molecule has 0 bridgehead atoms. The van der Waals surface area contributed by atoms with Crippen molar-refractivity contribution in [2.75, 3.05) is 0 Å². The highest BCUT2D eigenvalue weighted by Gasteiger charge is 2.30. The van der Waals surface area contributed by atoms with Gasteiger partial charge in [0, 0.05) is 16.5 Å². The lowest BCUT2D eigenvalue weighted by molar-refractivity contribution is -0.468. The molecule has 0 atom stereocenters. The number of aromatic nitrogens is 2. The molecule has 0 unspecified atom stereocenters. The van der Waals surface area contributed by atoms with E-state index >= 15 is 0 Å². The number of carbonyl (C=O) groups is 1. The summed E-state index contributed by atoms with van der Waals surface area (Å²) in [6, 6.07) is 13.6. The number of hydrogen-bond acceptors (Lipinski definition) is 3. The number of aryl methyl sites for hydroxylation is 1. The molecule has 0 fully saturated rings. The predicted molar refractivity (Wildman–Crippen MR) is 96.0 cm³/mol. The summed E-state index contributed by atoms with van der Waals surface area (Å²) >= 11 is 3.23. The molecule has 24 heavy (non-hydrogen) atoms. The summed E-state index contributed by atoms with van der Waals surface area (Å²) in [5, 5.41) is 12.7. The normalized spacial score (nSPS) is 10.9. The number of benzene rings is 2. The summed E-state index contributed by atoms with van der Waals surface area (Å²) in [6.07, 6.45) is 0.662. The number of carbonyl (C=O) groups excluding carboxylic acids is 1. The topological polar surface area (TPSA) is 68.0 Å². The van der Waals surface area contributed by atoms with Gasteiger partial charge < -0.3 is 9.94 Å². The fourth-order valence-corrected chi connectivity index (χ4v) is 3.30. The third-order valence-electron chi connectivity index (χ3n) is 4.03. The Balaban J connectivity index is 2.35. The third-order valence-corrected chi connectivity index (χ3v) is 4.56. The molecule has 0 aliphatic rings. The summed E-state index contributed by atoms with van der Waals surface area (Å²) in [5.41, 5.74) is 1.67. The number of alkyl halides is 1. The zero-order valence-corrected chi connectivity index (χ0v) is 14.6. The minimum absolute atomic E-state index is 0.110. The first-order valence-corrected chi connectivity index (χ1v) is 8.67. The van der Waals surface area contributed by atoms with Crippen LogP contribution in [0.2, 0.25) is 0 Å². The van der Waals surface area contributed by atoms with Crippen LogP contribution in [0.4, 0.5) is 0 Å². The highest BCUT2D eigenvalue weighted by molar-refractivity contribution is 9.08. The molecule has 3 rings (SSSR count). The number of rotatable bonds is 4. The molecule has 0 spiro atoms. The standard InChI is InChI=1S/C18H15BrN2O3/c1-2-12-7-3-4-8-13(12)18(22)17-16(11-19)20(23)14-9-5-6-10-15(14)21(17)24/h3-10H,2,11H2,1H3. The molecule has 0 N–H and O–H groups in total. The smallest absolute Gasteiger partial charge is 0.330 e. The Morgan fingerprint density at radius 1 is 1.17 bits per heavy atom. The molecule has 1 aromatic heterocycles. The van der Waals surface area contributed by atoms with Crippen LogP contribution in [0.1, 0.15) is 34.2 Å². The van der Waals surface area contributed by atoms with E-state index in [4.69, 9.17) is 0 Å². The predicted octanol–water partition coefficient (Wildman–Crippen LogP) is 3.59. The lowest BCUT2D eigenvalue weighted by atomic mass is 9.99. The van der Waals surface area contributed by atoms with Crippen molar-refractivity contribution in [3.05, 3.63) is 81.2 Å². The summed E-state index contributed by atoms with van der Waals surface area (Å²) in [4.78, 5) is 25.8. The molecule has 122 valence electrons. The van der Waals surface area contributed by atoms with E-state index < -0.39 is 5.78 Å². The zero-order valence-electron chi connectivity index (χ0n) is 13.0. The second-order valence-corrected chi connectivity index (χ2v) is 5.91. The first kappa shape index (κ1) is 16.4. The highest BCUT2D eigenvalue weighted by atomic mass is 79.9. The SMILES string of the molecule is CCc1ccccc1C(=O)c1c(CBr)n([O-])c2ccccc2[n+]1=O. The summed E-state index contributed by atoms with van der Waals surface area (Å²) in [7, 11) is 0. The molecule has 3 aromatic rings. The van der Waals surface area contributed by atoms with Crippen LogP contribution >= 0.6 is 15.9 Å². The molecule has 0 aliphatic heterocycles. The van der Waals surface area contributed by atoms with Crippen LogP contribution in [0.25, 0.3) is 11.0 Å². The maximum atomic E-state index is 13.0. The van der Waals surface area contributed by atoms with Crippen LogP contribution in [0, 0.1) is 10.1 Å². The average Bonchev–Trinajstić information content (AvgIpc) is 2.63. The van der Waals surface area contributed by atoms with Crippen LogP contribution in [-0.2, 0) is 11.8 Å². The van der Waals surface area contributed by atoms with Crippen molar-refractivity contribution in [2.24, 2.45) is 0 Å². The molecule has 6 heteroatoms. The van der Waals surface area contributed by atoms with E-state index in [2.05, 4.69) is 15.9 Å². The molecule has 0 saturated heterocycles. The minimum atomic E-state index is -0.438. The Kier molecular flexibility index (Phi) is 4.49. The molecule has 0 radical (unpaired) electrons. The summed E-state index contributed by atoms with van der Waals surface area (Å²) < 4.78 is 1.22. The van der Waals surface area contributed by atoms with E-state index in [1.165, 1.54) is 6.07 Å². The van der Waals surface area contributed by atoms with Gasteiger partial charge in [-0.25, -0.2) is 0 Å². The van der Waals surface area contributed by atoms with Crippen LogP contribution < -0.4 is 4.43 Å². The summed E-state index contributed by atoms with van der Waals surface area (Å²) in [6.45, 7) is 1.94. The lowest BCUT2D eigenvalue weighted by Gasteiger charge is -2.17. The van der Waals surface area contributed by atoms with Crippen LogP contribution in [0.15, 0.2) is 48.5 Å². The van der Waals surface area contributed by atoms with Gasteiger partial charge in [-0.05, 0) is 18.1 Å². The van der Waals surface area contributed by atoms with E-state index in [9.17, 15) is 14.9 Å². The fraction of sp³-hybridized carbons (Fsp3) is 0.167. The molecule has 0 amide bonds. The lowest BCUT2D eigenvalue weighted by Crippen LogP contribution is -2.31. The molecule has 5 nitrogen and oxygen atoms in total. The van der Waals surface area contributed by atoms with Gasteiger partial charge in [-0.1, -0.05) is 59.3 Å². The van der Waals surface area contributed by atoms with Gasteiger partial charge in [-0.2, -0.15) is 0 Å². The van der Waals surface area contributed by atoms with Gasteiger partial charge in [0.05, 0.1) is 9.76 Å². The maximum Gasteiger partial charge on any atom is 0.330 e. The van der Waals surface area contributed by atoms with E-state index in [-0.39, 0.29) is 27.8 Å². The summed E-state index contributed by atoms with van der Waals surface area (Å²) in [5.74, 6) is -0.438. The van der Waals surface area contributed by atoms with E-state index in [0.717, 1.165) is 5.56 Å². The molecule has 0 saturated carbocycles. The minimum Gasteiger partial charge on any atom is -0.805 e. The Bertz CT molecular complexity index is 995. The first-order chi connectivity index (χ1) is 11.6. The second-order valence-electron chi connectivity index (χ2n) is 5.35. The number of hydrogen-bond donors (Lipinski definition) is 0. The second kappa shape index (κ2) is 6.57. The van der Waals surface area contributed by atoms with Gasteiger partial charge in [0.1, 0.15) is 11.2 Å². The number of nitrogens with zero attached hydrogens (tertiary/aromatic N) is 2. The fourth-order valence-electron chi connectivity index (χ4n) is 2.81. The monoisotopic (exact) mass is 386 g/mol.